The van der Waals surface area contributed by atoms with Crippen molar-refractivity contribution in [3.63, 3.8) is 0 Å². The summed E-state index contributed by atoms with van der Waals surface area (Å²) < 4.78 is 10.2. The van der Waals surface area contributed by atoms with Crippen LogP contribution in [0, 0.1) is 0 Å². The van der Waals surface area contributed by atoms with Crippen molar-refractivity contribution in [3.8, 4) is 6.01 Å². The van der Waals surface area contributed by atoms with E-state index in [9.17, 15) is 0 Å². The molecule has 0 unspecified atom stereocenters. The quantitative estimate of drug-likeness (QED) is 0.775. The standard InChI is InChI=1S/C10H14N6O2/c1-2-5-17-10-15-8(11)14-9(16-10)12-6-7-3-4-13-18-7/h3-4H,2,5-6H2,1H3,(H3,11,12,14,15,16). The van der Waals surface area contributed by atoms with Gasteiger partial charge in [-0.1, -0.05) is 12.1 Å². The van der Waals surface area contributed by atoms with Crippen molar-refractivity contribution in [2.45, 2.75) is 19.9 Å². The monoisotopic (exact) mass is 250 g/mol. The second-order valence-corrected chi connectivity index (χ2v) is 3.48. The molecule has 0 aliphatic heterocycles. The predicted octanol–water partition coefficient (Wildman–Crippen LogP) is 0.843. The van der Waals surface area contributed by atoms with Crippen LogP contribution in [0.5, 0.6) is 6.01 Å². The van der Waals surface area contributed by atoms with E-state index < -0.39 is 0 Å². The molecule has 0 aliphatic rings. The van der Waals surface area contributed by atoms with Gasteiger partial charge in [0.1, 0.15) is 0 Å². The number of hydrogen-bond donors (Lipinski definition) is 2. The van der Waals surface area contributed by atoms with E-state index in [-0.39, 0.29) is 12.0 Å². The second kappa shape index (κ2) is 5.80. The molecule has 0 saturated carbocycles. The lowest BCUT2D eigenvalue weighted by molar-refractivity contribution is 0.292. The maximum Gasteiger partial charge on any atom is 0.323 e. The van der Waals surface area contributed by atoms with Crippen molar-refractivity contribution in [2.24, 2.45) is 0 Å². The van der Waals surface area contributed by atoms with Crippen LogP contribution in [0.15, 0.2) is 16.8 Å². The third-order valence-corrected chi connectivity index (χ3v) is 1.98. The van der Waals surface area contributed by atoms with Gasteiger partial charge in [0.05, 0.1) is 19.3 Å². The first-order valence-electron chi connectivity index (χ1n) is 5.55. The van der Waals surface area contributed by atoms with E-state index in [1.807, 2.05) is 6.92 Å². The van der Waals surface area contributed by atoms with Crippen LogP contribution in [0.2, 0.25) is 0 Å². The molecule has 0 spiro atoms. The van der Waals surface area contributed by atoms with Crippen LogP contribution in [-0.4, -0.2) is 26.7 Å². The van der Waals surface area contributed by atoms with Crippen molar-refractivity contribution in [1.29, 1.82) is 0 Å². The van der Waals surface area contributed by atoms with Gasteiger partial charge in [-0.2, -0.15) is 15.0 Å². The lowest BCUT2D eigenvalue weighted by Crippen LogP contribution is -2.09. The van der Waals surface area contributed by atoms with E-state index in [2.05, 4.69) is 25.4 Å². The van der Waals surface area contributed by atoms with Crippen LogP contribution < -0.4 is 15.8 Å². The summed E-state index contributed by atoms with van der Waals surface area (Å²) in [6.45, 7) is 2.94. The molecule has 8 nitrogen and oxygen atoms in total. The van der Waals surface area contributed by atoms with Crippen LogP contribution in [-0.2, 0) is 6.54 Å². The molecule has 3 N–H and O–H groups in total. The van der Waals surface area contributed by atoms with Crippen molar-refractivity contribution in [2.75, 3.05) is 17.7 Å². The fraction of sp³-hybridized carbons (Fsp3) is 0.400. The SMILES string of the molecule is CCCOc1nc(N)nc(NCc2ccno2)n1. The first-order valence-corrected chi connectivity index (χ1v) is 5.55. The lowest BCUT2D eigenvalue weighted by Gasteiger charge is -2.06. The van der Waals surface area contributed by atoms with Crippen molar-refractivity contribution >= 4 is 11.9 Å². The smallest absolute Gasteiger partial charge is 0.323 e. The predicted molar refractivity (Wildman–Crippen MR) is 63.9 cm³/mol. The van der Waals surface area contributed by atoms with Gasteiger partial charge in [0.2, 0.25) is 11.9 Å². The molecule has 0 bridgehead atoms. The number of hydrogen-bond acceptors (Lipinski definition) is 8. The highest BCUT2D eigenvalue weighted by Crippen LogP contribution is 2.10. The van der Waals surface area contributed by atoms with Gasteiger partial charge in [0, 0.05) is 6.07 Å². The van der Waals surface area contributed by atoms with Crippen molar-refractivity contribution in [3.05, 3.63) is 18.0 Å². The van der Waals surface area contributed by atoms with Crippen LogP contribution >= 0.6 is 0 Å². The Hall–Kier alpha value is -2.38. The van der Waals surface area contributed by atoms with Gasteiger partial charge >= 0.3 is 6.01 Å². The summed E-state index contributed by atoms with van der Waals surface area (Å²) in [5, 5.41) is 6.54. The first-order chi connectivity index (χ1) is 8.78. The number of rotatable bonds is 6. The number of ether oxygens (including phenoxy) is 1. The third kappa shape index (κ3) is 3.30. The maximum atomic E-state index is 5.56. The van der Waals surface area contributed by atoms with Gasteiger partial charge < -0.3 is 20.3 Å². The number of anilines is 2. The highest BCUT2D eigenvalue weighted by Gasteiger charge is 2.06. The average Bonchev–Trinajstić information content (AvgIpc) is 2.86. The van der Waals surface area contributed by atoms with E-state index >= 15 is 0 Å². The van der Waals surface area contributed by atoms with E-state index in [0.29, 0.717) is 24.9 Å². The van der Waals surface area contributed by atoms with Crippen LogP contribution in [0.4, 0.5) is 11.9 Å². The van der Waals surface area contributed by atoms with Crippen LogP contribution in [0.1, 0.15) is 19.1 Å². The molecular weight excluding hydrogens is 236 g/mol. The van der Waals surface area contributed by atoms with Crippen LogP contribution in [0.25, 0.3) is 0 Å². The summed E-state index contributed by atoms with van der Waals surface area (Å²) in [5.41, 5.74) is 5.56. The van der Waals surface area contributed by atoms with Gasteiger partial charge in [-0.15, -0.1) is 0 Å². The number of nitrogens with one attached hydrogen (secondary N) is 1. The Balaban J connectivity index is 2.00. The van der Waals surface area contributed by atoms with Gasteiger partial charge in [-0.05, 0) is 6.42 Å². The molecule has 2 aromatic rings. The maximum absolute atomic E-state index is 5.56. The fourth-order valence-corrected chi connectivity index (χ4v) is 1.21. The Morgan fingerprint density at radius 3 is 3.00 bits per heavy atom. The van der Waals surface area contributed by atoms with Gasteiger partial charge in [0.15, 0.2) is 5.76 Å². The van der Waals surface area contributed by atoms with Gasteiger partial charge in [-0.25, -0.2) is 0 Å². The molecule has 0 fully saturated rings. The van der Waals surface area contributed by atoms with E-state index in [1.54, 1.807) is 12.3 Å². The number of aromatic nitrogens is 4. The highest BCUT2D eigenvalue weighted by molar-refractivity contribution is 5.32. The largest absolute Gasteiger partial charge is 0.463 e. The molecule has 0 saturated heterocycles. The zero-order valence-corrected chi connectivity index (χ0v) is 9.96. The molecule has 0 radical (unpaired) electrons. The average molecular weight is 250 g/mol. The van der Waals surface area contributed by atoms with E-state index in [4.69, 9.17) is 15.0 Å². The second-order valence-electron chi connectivity index (χ2n) is 3.48. The summed E-state index contributed by atoms with van der Waals surface area (Å²) in [6.07, 6.45) is 2.43. The number of nitrogens with zero attached hydrogens (tertiary/aromatic N) is 4. The molecule has 2 heterocycles. The third-order valence-electron chi connectivity index (χ3n) is 1.98. The Bertz CT molecular complexity index is 487. The van der Waals surface area contributed by atoms with E-state index in [0.717, 1.165) is 6.42 Å². The van der Waals surface area contributed by atoms with Crippen molar-refractivity contribution in [1.82, 2.24) is 20.1 Å². The van der Waals surface area contributed by atoms with E-state index in [1.165, 1.54) is 0 Å². The molecule has 0 atom stereocenters. The molecule has 2 rings (SSSR count). The Kier molecular flexibility index (Phi) is 3.90. The zero-order chi connectivity index (χ0) is 12.8. The highest BCUT2D eigenvalue weighted by atomic mass is 16.5. The number of nitrogen functional groups attached to an aromatic ring is 1. The summed E-state index contributed by atoms with van der Waals surface area (Å²) in [7, 11) is 0. The minimum Gasteiger partial charge on any atom is -0.463 e. The Morgan fingerprint density at radius 2 is 2.28 bits per heavy atom. The molecule has 2 aromatic heterocycles. The molecule has 96 valence electrons. The Labute approximate surface area is 104 Å². The zero-order valence-electron chi connectivity index (χ0n) is 9.96. The lowest BCUT2D eigenvalue weighted by atomic mass is 10.4. The number of nitrogens with two attached hydrogens (primary N) is 1. The first kappa shape index (κ1) is 12.1. The fourth-order valence-electron chi connectivity index (χ4n) is 1.21. The summed E-state index contributed by atoms with van der Waals surface area (Å²) >= 11 is 0. The molecule has 8 heteroatoms. The molecule has 18 heavy (non-hydrogen) atoms. The topological polar surface area (TPSA) is 112 Å². The molecule has 0 amide bonds. The minimum atomic E-state index is 0.108. The summed E-state index contributed by atoms with van der Waals surface area (Å²) in [6, 6.07) is 1.95. The normalized spacial score (nSPS) is 10.3. The molecular formula is C10H14N6O2. The van der Waals surface area contributed by atoms with Gasteiger partial charge in [0.25, 0.3) is 0 Å². The van der Waals surface area contributed by atoms with Gasteiger partial charge in [-0.3, -0.25) is 0 Å². The minimum absolute atomic E-state index is 0.108. The Morgan fingerprint density at radius 1 is 1.39 bits per heavy atom. The van der Waals surface area contributed by atoms with Crippen molar-refractivity contribution < 1.29 is 9.26 Å². The van der Waals surface area contributed by atoms with Crippen LogP contribution in [0.3, 0.4) is 0 Å². The summed E-state index contributed by atoms with van der Waals surface area (Å²) in [4.78, 5) is 11.9. The summed E-state index contributed by atoms with van der Waals surface area (Å²) in [5.74, 6) is 1.12. The molecule has 0 aliphatic carbocycles. The molecule has 0 aromatic carbocycles.